The second kappa shape index (κ2) is 5.87. The van der Waals surface area contributed by atoms with Crippen molar-refractivity contribution in [2.45, 2.75) is 51.3 Å². The summed E-state index contributed by atoms with van der Waals surface area (Å²) in [6.45, 7) is 3.25. The smallest absolute Gasteiger partial charge is 0.387 e. The molecule has 4 nitrogen and oxygen atoms in total. The maximum atomic E-state index is 12.1. The summed E-state index contributed by atoms with van der Waals surface area (Å²) in [5.41, 5.74) is 6.80. The highest BCUT2D eigenvalue weighted by molar-refractivity contribution is 5.79. The Bertz CT molecular complexity index is 509. The van der Waals surface area contributed by atoms with Gasteiger partial charge in [-0.1, -0.05) is 12.1 Å². The fourth-order valence-electron chi connectivity index (χ4n) is 2.17. The number of ether oxygens (including phenoxy) is 1. The first kappa shape index (κ1) is 15.5. The van der Waals surface area contributed by atoms with E-state index < -0.39 is 6.61 Å². The van der Waals surface area contributed by atoms with E-state index in [0.29, 0.717) is 11.9 Å². The average Bonchev–Trinajstić information content (AvgIpc) is 3.05. The topological polar surface area (TPSA) is 59.6 Å². The number of guanidine groups is 1. The molecule has 0 bridgehead atoms. The van der Waals surface area contributed by atoms with Gasteiger partial charge < -0.3 is 15.8 Å². The molecular weight excluding hydrogens is 276 g/mol. The second-order valence-corrected chi connectivity index (χ2v) is 6.25. The number of alkyl halides is 2. The van der Waals surface area contributed by atoms with Gasteiger partial charge in [-0.25, -0.2) is 4.99 Å². The minimum Gasteiger partial charge on any atom is -0.435 e. The molecule has 1 aromatic carbocycles. The number of nitrogens with two attached hydrogens (primary N) is 1. The SMILES string of the molecule is CC(C)(C)NC(N)=N[C@@H]1C[C@H]1c1ccc(OC(F)F)cc1. The molecule has 0 aliphatic heterocycles. The van der Waals surface area contributed by atoms with Crippen LogP contribution in [0, 0.1) is 0 Å². The summed E-state index contributed by atoms with van der Waals surface area (Å²) in [6.07, 6.45) is 0.918. The summed E-state index contributed by atoms with van der Waals surface area (Å²) < 4.78 is 28.5. The molecule has 2 atom stereocenters. The fraction of sp³-hybridized carbons (Fsp3) is 0.533. The highest BCUT2D eigenvalue weighted by atomic mass is 19.3. The molecule has 0 amide bonds. The van der Waals surface area contributed by atoms with Crippen LogP contribution in [0.3, 0.4) is 0 Å². The Balaban J connectivity index is 1.92. The molecule has 0 unspecified atom stereocenters. The first-order valence-corrected chi connectivity index (χ1v) is 6.91. The van der Waals surface area contributed by atoms with Gasteiger partial charge in [0.05, 0.1) is 6.04 Å². The number of benzene rings is 1. The molecule has 0 spiro atoms. The zero-order valence-electron chi connectivity index (χ0n) is 12.4. The lowest BCUT2D eigenvalue weighted by Gasteiger charge is -2.21. The zero-order chi connectivity index (χ0) is 15.6. The lowest BCUT2D eigenvalue weighted by Crippen LogP contribution is -2.45. The van der Waals surface area contributed by atoms with E-state index >= 15 is 0 Å². The van der Waals surface area contributed by atoms with E-state index in [1.165, 1.54) is 0 Å². The number of halogens is 2. The molecule has 1 saturated carbocycles. The third-order valence-corrected chi connectivity index (χ3v) is 3.10. The molecule has 0 heterocycles. The Hall–Kier alpha value is -1.85. The van der Waals surface area contributed by atoms with Crippen LogP contribution >= 0.6 is 0 Å². The summed E-state index contributed by atoms with van der Waals surface area (Å²) in [7, 11) is 0. The summed E-state index contributed by atoms with van der Waals surface area (Å²) in [5, 5.41) is 3.12. The molecule has 1 aromatic rings. The molecule has 1 fully saturated rings. The molecule has 2 rings (SSSR count). The maximum absolute atomic E-state index is 12.1. The van der Waals surface area contributed by atoms with Crippen LogP contribution < -0.4 is 15.8 Å². The van der Waals surface area contributed by atoms with Crippen molar-refractivity contribution in [1.82, 2.24) is 5.32 Å². The number of nitrogens with one attached hydrogen (secondary N) is 1. The van der Waals surface area contributed by atoms with E-state index in [4.69, 9.17) is 5.73 Å². The van der Waals surface area contributed by atoms with Gasteiger partial charge in [-0.3, -0.25) is 0 Å². The highest BCUT2D eigenvalue weighted by Gasteiger charge is 2.38. The number of hydrogen-bond donors (Lipinski definition) is 2. The lowest BCUT2D eigenvalue weighted by molar-refractivity contribution is -0.0498. The largest absolute Gasteiger partial charge is 0.435 e. The van der Waals surface area contributed by atoms with Crippen LogP contribution in [-0.4, -0.2) is 24.2 Å². The van der Waals surface area contributed by atoms with Crippen molar-refractivity contribution in [3.05, 3.63) is 29.8 Å². The predicted octanol–water partition coefficient (Wildman–Crippen LogP) is 2.85. The van der Waals surface area contributed by atoms with Crippen LogP contribution in [-0.2, 0) is 0 Å². The van der Waals surface area contributed by atoms with Crippen molar-refractivity contribution in [2.75, 3.05) is 0 Å². The first-order valence-electron chi connectivity index (χ1n) is 6.91. The van der Waals surface area contributed by atoms with Crippen LogP contribution in [0.4, 0.5) is 8.78 Å². The molecule has 6 heteroatoms. The lowest BCUT2D eigenvalue weighted by atomic mass is 10.1. The molecule has 0 radical (unpaired) electrons. The van der Waals surface area contributed by atoms with Gasteiger partial charge in [-0.2, -0.15) is 8.78 Å². The third-order valence-electron chi connectivity index (χ3n) is 3.10. The molecule has 1 aliphatic carbocycles. The van der Waals surface area contributed by atoms with E-state index in [1.54, 1.807) is 24.3 Å². The maximum Gasteiger partial charge on any atom is 0.387 e. The van der Waals surface area contributed by atoms with Crippen molar-refractivity contribution in [3.63, 3.8) is 0 Å². The van der Waals surface area contributed by atoms with Crippen LogP contribution in [0.5, 0.6) is 5.75 Å². The van der Waals surface area contributed by atoms with Gasteiger partial charge in [-0.05, 0) is 44.9 Å². The molecular formula is C15H21F2N3O. The Morgan fingerprint density at radius 2 is 1.95 bits per heavy atom. The van der Waals surface area contributed by atoms with Crippen molar-refractivity contribution in [3.8, 4) is 5.75 Å². The van der Waals surface area contributed by atoms with Gasteiger partial charge in [0.2, 0.25) is 0 Å². The standard InChI is InChI=1S/C15H21F2N3O/c1-15(2,3)20-14(18)19-12-8-11(12)9-4-6-10(7-5-9)21-13(16)17/h4-7,11-13H,8H2,1-3H3,(H3,18,19,20)/t11-,12+/m0/s1. The minimum absolute atomic E-state index is 0.119. The Morgan fingerprint density at radius 1 is 1.33 bits per heavy atom. The molecule has 1 aliphatic rings. The number of rotatable bonds is 4. The second-order valence-electron chi connectivity index (χ2n) is 6.25. The quantitative estimate of drug-likeness (QED) is 0.663. The minimum atomic E-state index is -2.79. The van der Waals surface area contributed by atoms with E-state index in [0.717, 1.165) is 12.0 Å². The van der Waals surface area contributed by atoms with Crippen molar-refractivity contribution >= 4 is 5.96 Å². The molecule has 21 heavy (non-hydrogen) atoms. The monoisotopic (exact) mass is 297 g/mol. The van der Waals surface area contributed by atoms with Gasteiger partial charge in [0.25, 0.3) is 0 Å². The van der Waals surface area contributed by atoms with E-state index in [1.807, 2.05) is 20.8 Å². The van der Waals surface area contributed by atoms with E-state index in [2.05, 4.69) is 15.0 Å². The van der Waals surface area contributed by atoms with Crippen LogP contribution in [0.25, 0.3) is 0 Å². The van der Waals surface area contributed by atoms with Gasteiger partial charge >= 0.3 is 6.61 Å². The van der Waals surface area contributed by atoms with Gasteiger partial charge in [-0.15, -0.1) is 0 Å². The average molecular weight is 297 g/mol. The normalized spacial score (nSPS) is 22.3. The molecule has 116 valence electrons. The summed E-state index contributed by atoms with van der Waals surface area (Å²) in [5.74, 6) is 0.905. The summed E-state index contributed by atoms with van der Waals surface area (Å²) >= 11 is 0. The summed E-state index contributed by atoms with van der Waals surface area (Å²) in [6, 6.07) is 6.85. The van der Waals surface area contributed by atoms with Crippen LogP contribution in [0.2, 0.25) is 0 Å². The zero-order valence-corrected chi connectivity index (χ0v) is 12.4. The molecule has 0 aromatic heterocycles. The van der Waals surface area contributed by atoms with Crippen molar-refractivity contribution in [2.24, 2.45) is 10.7 Å². The fourth-order valence-corrected chi connectivity index (χ4v) is 2.17. The van der Waals surface area contributed by atoms with E-state index in [9.17, 15) is 8.78 Å². The first-order chi connectivity index (χ1) is 9.74. The highest BCUT2D eigenvalue weighted by Crippen LogP contribution is 2.43. The van der Waals surface area contributed by atoms with Crippen molar-refractivity contribution < 1.29 is 13.5 Å². The molecule has 3 N–H and O–H groups in total. The van der Waals surface area contributed by atoms with Gasteiger partial charge in [0.15, 0.2) is 5.96 Å². The number of aliphatic imine (C=N–C) groups is 1. The Kier molecular flexibility index (Phi) is 4.34. The van der Waals surface area contributed by atoms with Crippen molar-refractivity contribution in [1.29, 1.82) is 0 Å². The predicted molar refractivity (Wildman–Crippen MR) is 78.7 cm³/mol. The molecule has 0 saturated heterocycles. The third kappa shape index (κ3) is 4.88. The summed E-state index contributed by atoms with van der Waals surface area (Å²) in [4.78, 5) is 4.43. The van der Waals surface area contributed by atoms with Gasteiger partial charge in [0, 0.05) is 11.5 Å². The van der Waals surface area contributed by atoms with Crippen LogP contribution in [0.15, 0.2) is 29.3 Å². The van der Waals surface area contributed by atoms with Crippen LogP contribution in [0.1, 0.15) is 38.7 Å². The number of hydrogen-bond acceptors (Lipinski definition) is 2. The number of nitrogens with zero attached hydrogens (tertiary/aromatic N) is 1. The van der Waals surface area contributed by atoms with E-state index in [-0.39, 0.29) is 17.3 Å². The van der Waals surface area contributed by atoms with Gasteiger partial charge in [0.1, 0.15) is 5.75 Å². The Labute approximate surface area is 123 Å². The Morgan fingerprint density at radius 3 is 2.48 bits per heavy atom.